The van der Waals surface area contributed by atoms with Crippen LogP contribution in [0.15, 0.2) is 12.4 Å². The summed E-state index contributed by atoms with van der Waals surface area (Å²) in [6, 6.07) is 0. The lowest BCUT2D eigenvalue weighted by molar-refractivity contribution is -0.107. The highest BCUT2D eigenvalue weighted by atomic mass is 19.1. The molecule has 1 rings (SSSR count). The van der Waals surface area contributed by atoms with E-state index in [4.69, 9.17) is 0 Å². The van der Waals surface area contributed by atoms with E-state index in [2.05, 4.69) is 4.98 Å². The van der Waals surface area contributed by atoms with Crippen LogP contribution in [-0.2, 0) is 11.2 Å². The topological polar surface area (TPSA) is 30.0 Å². The standard InChI is InChI=1S/C8H7F2NO/c9-7-4-11-5-8(10)6(7)2-1-3-12/h3-5H,1-2H2. The highest BCUT2D eigenvalue weighted by Crippen LogP contribution is 2.11. The van der Waals surface area contributed by atoms with E-state index in [1.54, 1.807) is 0 Å². The molecule has 0 N–H and O–H groups in total. The fourth-order valence-electron chi connectivity index (χ4n) is 0.880. The number of rotatable bonds is 3. The zero-order valence-electron chi connectivity index (χ0n) is 6.26. The predicted octanol–water partition coefficient (Wildman–Crippen LogP) is 1.49. The summed E-state index contributed by atoms with van der Waals surface area (Å²) in [7, 11) is 0. The lowest BCUT2D eigenvalue weighted by Crippen LogP contribution is -1.97. The van der Waals surface area contributed by atoms with Crippen molar-refractivity contribution in [1.82, 2.24) is 4.98 Å². The molecule has 0 aromatic carbocycles. The Morgan fingerprint density at radius 1 is 1.33 bits per heavy atom. The summed E-state index contributed by atoms with van der Waals surface area (Å²) in [6.07, 6.45) is 2.70. The first-order valence-corrected chi connectivity index (χ1v) is 3.47. The first-order valence-electron chi connectivity index (χ1n) is 3.47. The molecule has 0 unspecified atom stereocenters. The van der Waals surface area contributed by atoms with Gasteiger partial charge < -0.3 is 4.79 Å². The van der Waals surface area contributed by atoms with E-state index in [0.717, 1.165) is 12.4 Å². The molecule has 1 heterocycles. The molecule has 0 aliphatic carbocycles. The maximum Gasteiger partial charge on any atom is 0.147 e. The summed E-state index contributed by atoms with van der Waals surface area (Å²) in [5, 5.41) is 0. The summed E-state index contributed by atoms with van der Waals surface area (Å²) >= 11 is 0. The van der Waals surface area contributed by atoms with Gasteiger partial charge in [-0.25, -0.2) is 8.78 Å². The summed E-state index contributed by atoms with van der Waals surface area (Å²) < 4.78 is 25.5. The molecule has 64 valence electrons. The molecule has 0 bridgehead atoms. The van der Waals surface area contributed by atoms with Crippen molar-refractivity contribution in [2.45, 2.75) is 12.8 Å². The highest BCUT2D eigenvalue weighted by molar-refractivity contribution is 5.50. The van der Waals surface area contributed by atoms with Crippen molar-refractivity contribution < 1.29 is 13.6 Å². The number of pyridine rings is 1. The van der Waals surface area contributed by atoms with Crippen molar-refractivity contribution >= 4 is 6.29 Å². The van der Waals surface area contributed by atoms with Gasteiger partial charge in [-0.3, -0.25) is 4.98 Å². The van der Waals surface area contributed by atoms with Crippen LogP contribution in [0.2, 0.25) is 0 Å². The lowest BCUT2D eigenvalue weighted by atomic mass is 10.1. The number of halogens is 2. The van der Waals surface area contributed by atoms with Gasteiger partial charge >= 0.3 is 0 Å². The molecule has 1 aromatic heterocycles. The van der Waals surface area contributed by atoms with Crippen LogP contribution in [0, 0.1) is 11.6 Å². The first-order chi connectivity index (χ1) is 5.75. The van der Waals surface area contributed by atoms with Crippen molar-refractivity contribution in [2.24, 2.45) is 0 Å². The van der Waals surface area contributed by atoms with Gasteiger partial charge in [-0.15, -0.1) is 0 Å². The second-order valence-corrected chi connectivity index (χ2v) is 2.29. The fourth-order valence-corrected chi connectivity index (χ4v) is 0.880. The van der Waals surface area contributed by atoms with E-state index in [0.29, 0.717) is 6.29 Å². The van der Waals surface area contributed by atoms with Gasteiger partial charge in [-0.1, -0.05) is 0 Å². The molecule has 0 aliphatic rings. The SMILES string of the molecule is O=CCCc1c(F)cncc1F. The largest absolute Gasteiger partial charge is 0.303 e. The van der Waals surface area contributed by atoms with Crippen molar-refractivity contribution in [2.75, 3.05) is 0 Å². The zero-order valence-corrected chi connectivity index (χ0v) is 6.26. The predicted molar refractivity (Wildman–Crippen MR) is 38.5 cm³/mol. The molecule has 1 aromatic rings. The van der Waals surface area contributed by atoms with Gasteiger partial charge in [-0.2, -0.15) is 0 Å². The van der Waals surface area contributed by atoms with E-state index >= 15 is 0 Å². The van der Waals surface area contributed by atoms with Gasteiger partial charge in [0.25, 0.3) is 0 Å². The summed E-state index contributed by atoms with van der Waals surface area (Å²) in [5.41, 5.74) is -0.0721. The second kappa shape index (κ2) is 3.90. The van der Waals surface area contributed by atoms with Gasteiger partial charge in [0.2, 0.25) is 0 Å². The van der Waals surface area contributed by atoms with Crippen LogP contribution in [0.3, 0.4) is 0 Å². The molecule has 4 heteroatoms. The molecule has 0 spiro atoms. The van der Waals surface area contributed by atoms with Crippen LogP contribution in [0.4, 0.5) is 8.78 Å². The number of carbonyl (C=O) groups is 1. The molecule has 0 radical (unpaired) electrons. The van der Waals surface area contributed by atoms with Crippen LogP contribution in [-0.4, -0.2) is 11.3 Å². The molecule has 0 saturated heterocycles. The lowest BCUT2D eigenvalue weighted by Gasteiger charge is -1.99. The minimum absolute atomic E-state index is 0.0721. The Morgan fingerprint density at radius 2 is 1.92 bits per heavy atom. The van der Waals surface area contributed by atoms with Crippen molar-refractivity contribution in [3.05, 3.63) is 29.6 Å². The van der Waals surface area contributed by atoms with Crippen LogP contribution in [0.1, 0.15) is 12.0 Å². The van der Waals surface area contributed by atoms with Crippen molar-refractivity contribution in [1.29, 1.82) is 0 Å². The number of aldehydes is 1. The van der Waals surface area contributed by atoms with Crippen molar-refractivity contribution in [3.63, 3.8) is 0 Å². The van der Waals surface area contributed by atoms with E-state index < -0.39 is 11.6 Å². The first kappa shape index (κ1) is 8.77. The molecular weight excluding hydrogens is 164 g/mol. The van der Waals surface area contributed by atoms with Gasteiger partial charge in [-0.05, 0) is 6.42 Å². The van der Waals surface area contributed by atoms with Gasteiger partial charge in [0.15, 0.2) is 0 Å². The maximum absolute atomic E-state index is 12.8. The van der Waals surface area contributed by atoms with Crippen LogP contribution in [0.5, 0.6) is 0 Å². The number of hydrogen-bond acceptors (Lipinski definition) is 2. The Kier molecular flexibility index (Phi) is 2.85. The maximum atomic E-state index is 12.8. The summed E-state index contributed by atoms with van der Waals surface area (Å²) in [5.74, 6) is -1.39. The Balaban J connectivity index is 2.88. The third-order valence-corrected chi connectivity index (χ3v) is 1.46. The minimum Gasteiger partial charge on any atom is -0.303 e. The Bertz CT molecular complexity index is 268. The smallest absolute Gasteiger partial charge is 0.147 e. The average Bonchev–Trinajstić information content (AvgIpc) is 2.04. The van der Waals surface area contributed by atoms with Crippen LogP contribution < -0.4 is 0 Å². The van der Waals surface area contributed by atoms with E-state index in [1.807, 2.05) is 0 Å². The molecule has 0 aliphatic heterocycles. The average molecular weight is 171 g/mol. The van der Waals surface area contributed by atoms with E-state index in [1.165, 1.54) is 0 Å². The number of aromatic nitrogens is 1. The Hall–Kier alpha value is -1.32. The van der Waals surface area contributed by atoms with Gasteiger partial charge in [0, 0.05) is 12.0 Å². The summed E-state index contributed by atoms with van der Waals surface area (Å²) in [6.45, 7) is 0. The normalized spacial score (nSPS) is 9.83. The summed E-state index contributed by atoms with van der Waals surface area (Å²) in [4.78, 5) is 13.3. The number of carbonyl (C=O) groups excluding carboxylic acids is 1. The fraction of sp³-hybridized carbons (Fsp3) is 0.250. The van der Waals surface area contributed by atoms with E-state index in [-0.39, 0.29) is 18.4 Å². The molecule has 12 heavy (non-hydrogen) atoms. The van der Waals surface area contributed by atoms with Crippen LogP contribution in [0.25, 0.3) is 0 Å². The minimum atomic E-state index is -0.697. The number of nitrogens with zero attached hydrogens (tertiary/aromatic N) is 1. The number of hydrogen-bond donors (Lipinski definition) is 0. The third kappa shape index (κ3) is 1.84. The zero-order chi connectivity index (χ0) is 8.97. The van der Waals surface area contributed by atoms with E-state index in [9.17, 15) is 13.6 Å². The quantitative estimate of drug-likeness (QED) is 0.645. The molecule has 0 saturated carbocycles. The third-order valence-electron chi connectivity index (χ3n) is 1.46. The molecule has 0 fully saturated rings. The van der Waals surface area contributed by atoms with Gasteiger partial charge in [0.1, 0.15) is 17.9 Å². The second-order valence-electron chi connectivity index (χ2n) is 2.29. The Labute approximate surface area is 68.2 Å². The Morgan fingerprint density at radius 3 is 2.42 bits per heavy atom. The molecular formula is C8H7F2NO. The molecule has 2 nitrogen and oxygen atoms in total. The van der Waals surface area contributed by atoms with Crippen molar-refractivity contribution in [3.8, 4) is 0 Å². The molecule has 0 atom stereocenters. The van der Waals surface area contributed by atoms with Crippen LogP contribution >= 0.6 is 0 Å². The highest BCUT2D eigenvalue weighted by Gasteiger charge is 2.07. The van der Waals surface area contributed by atoms with Gasteiger partial charge in [0.05, 0.1) is 12.4 Å². The molecule has 0 amide bonds. The monoisotopic (exact) mass is 171 g/mol.